The monoisotopic (exact) mass is 269 g/mol. The first-order valence-electron chi connectivity index (χ1n) is 3.70. The first-order chi connectivity index (χ1) is 5.36. The third-order valence-corrected chi connectivity index (χ3v) is 2.02. The van der Waals surface area contributed by atoms with E-state index in [4.69, 9.17) is 9.84 Å². The smallest absolute Gasteiger partial charge is 0.148 e. The molecule has 4 heteroatoms. The summed E-state index contributed by atoms with van der Waals surface area (Å²) in [6.45, 7) is 0.121. The van der Waals surface area contributed by atoms with Gasteiger partial charge in [-0.15, -0.1) is 0 Å². The Morgan fingerprint density at radius 3 is 3.00 bits per heavy atom. The van der Waals surface area contributed by atoms with Crippen LogP contribution in [0.5, 0.6) is 0 Å². The highest BCUT2D eigenvalue weighted by atomic mass is 127. The van der Waals surface area contributed by atoms with Gasteiger partial charge in [-0.3, -0.25) is 4.99 Å². The molecular formula is C7H12INO2. The van der Waals surface area contributed by atoms with Gasteiger partial charge in [0.2, 0.25) is 0 Å². The van der Waals surface area contributed by atoms with Crippen LogP contribution in [0.2, 0.25) is 0 Å². The van der Waals surface area contributed by atoms with Crippen LogP contribution in [0.4, 0.5) is 0 Å². The van der Waals surface area contributed by atoms with Crippen LogP contribution in [0, 0.1) is 0 Å². The molecule has 1 rings (SSSR count). The van der Waals surface area contributed by atoms with Crippen LogP contribution >= 0.6 is 22.6 Å². The molecule has 1 aliphatic heterocycles. The molecule has 1 fully saturated rings. The van der Waals surface area contributed by atoms with Crippen LogP contribution in [0.15, 0.2) is 4.99 Å². The molecule has 0 amide bonds. The molecular weight excluding hydrogens is 257 g/mol. The number of aliphatic hydroxyl groups is 1. The molecule has 64 valence electrons. The maximum Gasteiger partial charge on any atom is 0.148 e. The molecule has 3 nitrogen and oxygen atoms in total. The molecule has 1 aliphatic rings. The summed E-state index contributed by atoms with van der Waals surface area (Å²) in [5.74, 6) is 0. The SMILES string of the molecule is OC[C@@H]1CC[C@H](N=CCI)O1. The lowest BCUT2D eigenvalue weighted by Crippen LogP contribution is -2.13. The van der Waals surface area contributed by atoms with Crippen molar-refractivity contribution in [1.82, 2.24) is 0 Å². The zero-order chi connectivity index (χ0) is 8.10. The second-order valence-electron chi connectivity index (χ2n) is 2.46. The van der Waals surface area contributed by atoms with Crippen LogP contribution < -0.4 is 0 Å². The molecule has 0 saturated carbocycles. The molecule has 2 atom stereocenters. The molecule has 0 bridgehead atoms. The largest absolute Gasteiger partial charge is 0.394 e. The highest BCUT2D eigenvalue weighted by Gasteiger charge is 2.22. The number of alkyl halides is 1. The minimum Gasteiger partial charge on any atom is -0.394 e. The molecule has 1 saturated heterocycles. The number of aliphatic hydroxyl groups excluding tert-OH is 1. The number of nitrogens with zero attached hydrogens (tertiary/aromatic N) is 1. The lowest BCUT2D eigenvalue weighted by atomic mass is 10.2. The fraction of sp³-hybridized carbons (Fsp3) is 0.857. The lowest BCUT2D eigenvalue weighted by molar-refractivity contribution is 0.0161. The van der Waals surface area contributed by atoms with Crippen molar-refractivity contribution in [2.24, 2.45) is 4.99 Å². The maximum atomic E-state index is 8.73. The minimum atomic E-state index is 0.00177. The van der Waals surface area contributed by atoms with Gasteiger partial charge in [-0.2, -0.15) is 0 Å². The van der Waals surface area contributed by atoms with Crippen molar-refractivity contribution in [3.05, 3.63) is 0 Å². The first-order valence-corrected chi connectivity index (χ1v) is 5.23. The summed E-state index contributed by atoms with van der Waals surface area (Å²) in [4.78, 5) is 4.17. The molecule has 0 spiro atoms. The van der Waals surface area contributed by atoms with Crippen LogP contribution in [0.1, 0.15) is 12.8 Å². The van der Waals surface area contributed by atoms with E-state index in [0.29, 0.717) is 0 Å². The molecule has 11 heavy (non-hydrogen) atoms. The Morgan fingerprint density at radius 2 is 2.45 bits per heavy atom. The number of ether oxygens (including phenoxy) is 1. The Hall–Kier alpha value is 0.320. The van der Waals surface area contributed by atoms with E-state index in [1.54, 1.807) is 0 Å². The van der Waals surface area contributed by atoms with Gasteiger partial charge in [0.1, 0.15) is 6.23 Å². The molecule has 0 aromatic carbocycles. The molecule has 1 N–H and O–H groups in total. The number of aliphatic imine (C=N–C) groups is 1. The van der Waals surface area contributed by atoms with Crippen LogP contribution in [-0.2, 0) is 4.74 Å². The van der Waals surface area contributed by atoms with Crippen molar-refractivity contribution < 1.29 is 9.84 Å². The minimum absolute atomic E-state index is 0.00177. The van der Waals surface area contributed by atoms with Gasteiger partial charge in [0, 0.05) is 10.6 Å². The quantitative estimate of drug-likeness (QED) is 0.471. The third kappa shape index (κ3) is 3.04. The summed E-state index contributed by atoms with van der Waals surface area (Å²) >= 11 is 2.23. The Kier molecular flexibility index (Phi) is 4.32. The lowest BCUT2D eigenvalue weighted by Gasteiger charge is -2.06. The molecule has 1 heterocycles. The van der Waals surface area contributed by atoms with E-state index in [1.165, 1.54) is 0 Å². The summed E-state index contributed by atoms with van der Waals surface area (Å²) in [6.07, 6.45) is 3.75. The van der Waals surface area contributed by atoms with E-state index in [9.17, 15) is 0 Å². The molecule has 0 unspecified atom stereocenters. The van der Waals surface area contributed by atoms with E-state index in [2.05, 4.69) is 27.6 Å². The van der Waals surface area contributed by atoms with Crippen LogP contribution in [0.25, 0.3) is 0 Å². The van der Waals surface area contributed by atoms with E-state index >= 15 is 0 Å². The van der Waals surface area contributed by atoms with Gasteiger partial charge in [0.25, 0.3) is 0 Å². The van der Waals surface area contributed by atoms with Crippen molar-refractivity contribution in [3.8, 4) is 0 Å². The van der Waals surface area contributed by atoms with Crippen molar-refractivity contribution in [3.63, 3.8) is 0 Å². The summed E-state index contributed by atoms with van der Waals surface area (Å²) in [5, 5.41) is 8.73. The van der Waals surface area contributed by atoms with Gasteiger partial charge >= 0.3 is 0 Å². The summed E-state index contributed by atoms with van der Waals surface area (Å²) in [7, 11) is 0. The van der Waals surface area contributed by atoms with Gasteiger partial charge in [-0.25, -0.2) is 0 Å². The standard InChI is InChI=1S/C7H12INO2/c8-3-4-9-7-2-1-6(5-10)11-7/h4,6-7,10H,1-3,5H2/t6-,7+/m0/s1. The van der Waals surface area contributed by atoms with E-state index in [-0.39, 0.29) is 18.9 Å². The fourth-order valence-corrected chi connectivity index (χ4v) is 1.32. The Labute approximate surface area is 80.0 Å². The summed E-state index contributed by atoms with van der Waals surface area (Å²) in [6, 6.07) is 0. The Morgan fingerprint density at radius 1 is 1.64 bits per heavy atom. The second-order valence-corrected chi connectivity index (χ2v) is 3.34. The first kappa shape index (κ1) is 9.41. The van der Waals surface area contributed by atoms with E-state index in [1.807, 2.05) is 6.21 Å². The molecule has 0 aromatic rings. The zero-order valence-corrected chi connectivity index (χ0v) is 8.40. The summed E-state index contributed by atoms with van der Waals surface area (Å²) in [5.41, 5.74) is 0. The Balaban J connectivity index is 2.24. The predicted molar refractivity (Wildman–Crippen MR) is 52.4 cm³/mol. The van der Waals surface area contributed by atoms with Gasteiger partial charge in [0.05, 0.1) is 12.7 Å². The third-order valence-electron chi connectivity index (χ3n) is 1.63. The van der Waals surface area contributed by atoms with Gasteiger partial charge in [0.15, 0.2) is 0 Å². The number of rotatable bonds is 3. The van der Waals surface area contributed by atoms with Crippen molar-refractivity contribution in [2.75, 3.05) is 11.0 Å². The average molecular weight is 269 g/mol. The average Bonchev–Trinajstić information content (AvgIpc) is 2.48. The number of hydrogen-bond donors (Lipinski definition) is 1. The number of hydrogen-bond acceptors (Lipinski definition) is 3. The highest BCUT2D eigenvalue weighted by Crippen LogP contribution is 2.19. The van der Waals surface area contributed by atoms with E-state index in [0.717, 1.165) is 17.3 Å². The maximum absolute atomic E-state index is 8.73. The molecule has 0 aliphatic carbocycles. The van der Waals surface area contributed by atoms with Gasteiger partial charge < -0.3 is 9.84 Å². The second kappa shape index (κ2) is 5.05. The highest BCUT2D eigenvalue weighted by molar-refractivity contribution is 14.1. The molecule has 0 aromatic heterocycles. The predicted octanol–water partition coefficient (Wildman–Crippen LogP) is 0.990. The zero-order valence-electron chi connectivity index (χ0n) is 6.24. The molecule has 0 radical (unpaired) electrons. The Bertz CT molecular complexity index is 140. The van der Waals surface area contributed by atoms with Crippen LogP contribution in [0.3, 0.4) is 0 Å². The normalized spacial score (nSPS) is 31.8. The van der Waals surface area contributed by atoms with Crippen molar-refractivity contribution in [2.45, 2.75) is 25.2 Å². The number of halogens is 1. The topological polar surface area (TPSA) is 41.8 Å². The van der Waals surface area contributed by atoms with Crippen molar-refractivity contribution >= 4 is 28.8 Å². The van der Waals surface area contributed by atoms with Crippen LogP contribution in [-0.4, -0.2) is 34.7 Å². The summed E-state index contributed by atoms with van der Waals surface area (Å²) < 4.78 is 6.28. The van der Waals surface area contributed by atoms with E-state index < -0.39 is 0 Å². The fourth-order valence-electron chi connectivity index (χ4n) is 1.09. The van der Waals surface area contributed by atoms with Gasteiger partial charge in [-0.1, -0.05) is 22.6 Å². The van der Waals surface area contributed by atoms with Gasteiger partial charge in [-0.05, 0) is 12.8 Å². The van der Waals surface area contributed by atoms with Crippen molar-refractivity contribution in [1.29, 1.82) is 0 Å².